The van der Waals surface area contributed by atoms with Crippen molar-refractivity contribution in [3.05, 3.63) is 35.9 Å². The summed E-state index contributed by atoms with van der Waals surface area (Å²) < 4.78 is 5.66. The summed E-state index contributed by atoms with van der Waals surface area (Å²) in [5.74, 6) is 0.388. The number of carbonyl (C=O) groups excluding carboxylic acids is 1. The van der Waals surface area contributed by atoms with E-state index in [1.54, 1.807) is 0 Å². The normalized spacial score (nSPS) is 21.5. The van der Waals surface area contributed by atoms with E-state index in [-0.39, 0.29) is 12.0 Å². The Morgan fingerprint density at radius 2 is 2.14 bits per heavy atom. The highest BCUT2D eigenvalue weighted by atomic mass is 35.5. The molecule has 1 saturated heterocycles. The van der Waals surface area contributed by atoms with E-state index in [1.807, 2.05) is 37.3 Å². The van der Waals surface area contributed by atoms with Gasteiger partial charge in [0.1, 0.15) is 0 Å². The first-order valence-corrected chi connectivity index (χ1v) is 8.21. The summed E-state index contributed by atoms with van der Waals surface area (Å²) in [5.41, 5.74) is 0.509. The van der Waals surface area contributed by atoms with Crippen molar-refractivity contribution in [1.82, 2.24) is 5.32 Å². The van der Waals surface area contributed by atoms with Gasteiger partial charge in [-0.15, -0.1) is 11.6 Å². The maximum absolute atomic E-state index is 12.2. The van der Waals surface area contributed by atoms with Gasteiger partial charge in [-0.1, -0.05) is 30.3 Å². The lowest BCUT2D eigenvalue weighted by molar-refractivity contribution is -0.123. The quantitative estimate of drug-likeness (QED) is 0.815. The van der Waals surface area contributed by atoms with E-state index in [0.717, 1.165) is 31.4 Å². The molecule has 0 saturated carbocycles. The SMILES string of the molecule is CC(CCl)(NC(=O)CCC1CCCCO1)c1ccccc1. The Labute approximate surface area is 132 Å². The van der Waals surface area contributed by atoms with Gasteiger partial charge < -0.3 is 10.1 Å². The standard InChI is InChI=1S/C17H24ClNO2/c1-17(13-18,14-7-3-2-4-8-14)19-16(20)11-10-15-9-5-6-12-21-15/h2-4,7-8,15H,5-6,9-13H2,1H3,(H,19,20). The number of hydrogen-bond acceptors (Lipinski definition) is 2. The maximum Gasteiger partial charge on any atom is 0.220 e. The first-order valence-electron chi connectivity index (χ1n) is 7.68. The lowest BCUT2D eigenvalue weighted by Crippen LogP contribution is -2.45. The molecule has 3 nitrogen and oxygen atoms in total. The number of nitrogens with one attached hydrogen (secondary N) is 1. The summed E-state index contributed by atoms with van der Waals surface area (Å²) in [4.78, 5) is 12.2. The minimum atomic E-state index is -0.521. The van der Waals surface area contributed by atoms with E-state index >= 15 is 0 Å². The zero-order valence-electron chi connectivity index (χ0n) is 12.6. The molecule has 1 aliphatic heterocycles. The Hall–Kier alpha value is -1.06. The highest BCUT2D eigenvalue weighted by Gasteiger charge is 2.27. The van der Waals surface area contributed by atoms with Gasteiger partial charge in [0.25, 0.3) is 0 Å². The van der Waals surface area contributed by atoms with Gasteiger partial charge in [0.05, 0.1) is 11.6 Å². The zero-order chi connectivity index (χ0) is 15.1. The van der Waals surface area contributed by atoms with Crippen molar-refractivity contribution in [3.63, 3.8) is 0 Å². The summed E-state index contributed by atoms with van der Waals surface area (Å²) >= 11 is 6.10. The lowest BCUT2D eigenvalue weighted by Gasteiger charge is -2.30. The number of halogens is 1. The molecule has 1 aromatic carbocycles. The predicted molar refractivity (Wildman–Crippen MR) is 85.5 cm³/mol. The van der Waals surface area contributed by atoms with Crippen LogP contribution in [0.15, 0.2) is 30.3 Å². The number of alkyl halides is 1. The Balaban J connectivity index is 1.87. The van der Waals surface area contributed by atoms with Crippen molar-refractivity contribution in [1.29, 1.82) is 0 Å². The van der Waals surface area contributed by atoms with Crippen LogP contribution in [0.3, 0.4) is 0 Å². The van der Waals surface area contributed by atoms with Gasteiger partial charge in [0, 0.05) is 18.9 Å². The number of carbonyl (C=O) groups is 1. The predicted octanol–water partition coefficient (Wildman–Crippen LogP) is 3.61. The fourth-order valence-corrected chi connectivity index (χ4v) is 2.91. The van der Waals surface area contributed by atoms with Crippen LogP contribution in [0.5, 0.6) is 0 Å². The van der Waals surface area contributed by atoms with E-state index in [1.165, 1.54) is 6.42 Å². The molecule has 1 aliphatic rings. The Morgan fingerprint density at radius 1 is 1.38 bits per heavy atom. The summed E-state index contributed by atoms with van der Waals surface area (Å²) in [6.07, 6.45) is 4.93. The smallest absolute Gasteiger partial charge is 0.220 e. The van der Waals surface area contributed by atoms with Crippen LogP contribution in [0.2, 0.25) is 0 Å². The minimum absolute atomic E-state index is 0.0381. The molecule has 0 bridgehead atoms. The van der Waals surface area contributed by atoms with Crippen molar-refractivity contribution in [3.8, 4) is 0 Å². The molecule has 2 unspecified atom stereocenters. The van der Waals surface area contributed by atoms with Gasteiger partial charge in [-0.2, -0.15) is 0 Å². The van der Waals surface area contributed by atoms with Crippen LogP contribution in [0.4, 0.5) is 0 Å². The first-order chi connectivity index (χ1) is 10.1. The molecule has 0 aromatic heterocycles. The molecular weight excluding hydrogens is 286 g/mol. The van der Waals surface area contributed by atoms with Crippen molar-refractivity contribution < 1.29 is 9.53 Å². The van der Waals surface area contributed by atoms with Gasteiger partial charge >= 0.3 is 0 Å². The summed E-state index contributed by atoms with van der Waals surface area (Å²) in [6.45, 7) is 2.79. The van der Waals surface area contributed by atoms with Crippen LogP contribution < -0.4 is 5.32 Å². The van der Waals surface area contributed by atoms with Crippen LogP contribution in [-0.4, -0.2) is 24.5 Å². The molecule has 1 fully saturated rings. The second-order valence-electron chi connectivity index (χ2n) is 5.91. The van der Waals surface area contributed by atoms with Gasteiger partial charge in [-0.25, -0.2) is 0 Å². The Morgan fingerprint density at radius 3 is 2.76 bits per heavy atom. The number of hydrogen-bond donors (Lipinski definition) is 1. The summed E-state index contributed by atoms with van der Waals surface area (Å²) in [6, 6.07) is 9.87. The molecule has 1 heterocycles. The number of benzene rings is 1. The third-order valence-corrected chi connectivity index (χ3v) is 4.60. The fourth-order valence-electron chi connectivity index (χ4n) is 2.69. The lowest BCUT2D eigenvalue weighted by atomic mass is 9.93. The highest BCUT2D eigenvalue weighted by Crippen LogP contribution is 2.23. The third-order valence-electron chi connectivity index (χ3n) is 4.06. The van der Waals surface area contributed by atoms with Crippen LogP contribution in [-0.2, 0) is 15.1 Å². The maximum atomic E-state index is 12.2. The fraction of sp³-hybridized carbons (Fsp3) is 0.588. The van der Waals surface area contributed by atoms with Crippen LogP contribution in [0, 0.1) is 0 Å². The summed E-state index contributed by atoms with van der Waals surface area (Å²) in [5, 5.41) is 3.07. The molecule has 21 heavy (non-hydrogen) atoms. The molecule has 0 aliphatic carbocycles. The largest absolute Gasteiger partial charge is 0.378 e. The van der Waals surface area contributed by atoms with Crippen LogP contribution in [0.25, 0.3) is 0 Å². The van der Waals surface area contributed by atoms with Gasteiger partial charge in [-0.3, -0.25) is 4.79 Å². The van der Waals surface area contributed by atoms with E-state index < -0.39 is 5.54 Å². The second kappa shape index (κ2) is 7.81. The van der Waals surface area contributed by atoms with E-state index in [9.17, 15) is 4.79 Å². The van der Waals surface area contributed by atoms with Gasteiger partial charge in [0.15, 0.2) is 0 Å². The van der Waals surface area contributed by atoms with Gasteiger partial charge in [0.2, 0.25) is 5.91 Å². The Bertz CT molecular complexity index is 445. The van der Waals surface area contributed by atoms with E-state index in [2.05, 4.69) is 5.32 Å². The number of ether oxygens (including phenoxy) is 1. The minimum Gasteiger partial charge on any atom is -0.378 e. The molecule has 2 atom stereocenters. The average Bonchev–Trinajstić information content (AvgIpc) is 2.54. The van der Waals surface area contributed by atoms with Crippen LogP contribution in [0.1, 0.15) is 44.6 Å². The first kappa shape index (κ1) is 16.3. The van der Waals surface area contributed by atoms with Gasteiger partial charge in [-0.05, 0) is 38.2 Å². The molecular formula is C17H24ClNO2. The zero-order valence-corrected chi connectivity index (χ0v) is 13.4. The average molecular weight is 310 g/mol. The molecule has 0 radical (unpaired) electrons. The van der Waals surface area contributed by atoms with Crippen LogP contribution >= 0.6 is 11.6 Å². The van der Waals surface area contributed by atoms with Crippen molar-refractivity contribution in [2.75, 3.05) is 12.5 Å². The monoisotopic (exact) mass is 309 g/mol. The van der Waals surface area contributed by atoms with Crippen molar-refractivity contribution >= 4 is 17.5 Å². The number of amides is 1. The Kier molecular flexibility index (Phi) is 6.07. The molecule has 1 amide bonds. The molecule has 1 aromatic rings. The summed E-state index contributed by atoms with van der Waals surface area (Å²) in [7, 11) is 0. The number of rotatable bonds is 6. The molecule has 0 spiro atoms. The molecule has 2 rings (SSSR count). The van der Waals surface area contributed by atoms with Crippen molar-refractivity contribution in [2.24, 2.45) is 0 Å². The second-order valence-corrected chi connectivity index (χ2v) is 6.17. The van der Waals surface area contributed by atoms with Crippen molar-refractivity contribution in [2.45, 2.75) is 50.7 Å². The third kappa shape index (κ3) is 4.72. The topological polar surface area (TPSA) is 38.3 Å². The molecule has 116 valence electrons. The highest BCUT2D eigenvalue weighted by molar-refractivity contribution is 6.18. The molecule has 4 heteroatoms. The van der Waals surface area contributed by atoms with E-state index in [0.29, 0.717) is 12.3 Å². The molecule has 1 N–H and O–H groups in total. The van der Waals surface area contributed by atoms with E-state index in [4.69, 9.17) is 16.3 Å².